The Labute approximate surface area is 111 Å². The number of halogens is 3. The van der Waals surface area contributed by atoms with Crippen molar-refractivity contribution in [2.24, 2.45) is 0 Å². The zero-order chi connectivity index (χ0) is 14.9. The summed E-state index contributed by atoms with van der Waals surface area (Å²) in [6, 6.07) is 6.84. The van der Waals surface area contributed by atoms with Crippen molar-refractivity contribution < 1.29 is 23.1 Å². The van der Waals surface area contributed by atoms with Crippen LogP contribution in [0, 0.1) is 6.92 Å². The monoisotopic (exact) mass is 285 g/mol. The lowest BCUT2D eigenvalue weighted by Crippen LogP contribution is -2.19. The molecule has 0 saturated heterocycles. The van der Waals surface area contributed by atoms with Gasteiger partial charge in [0.25, 0.3) is 0 Å². The number of aromatic nitrogens is 3. The van der Waals surface area contributed by atoms with Gasteiger partial charge in [0, 0.05) is 0 Å². The zero-order valence-corrected chi connectivity index (χ0v) is 10.3. The minimum atomic E-state index is -4.83. The van der Waals surface area contributed by atoms with Crippen molar-refractivity contribution >= 4 is 5.97 Å². The number of carboxylic acid groups (broad SMARTS) is 1. The molecule has 2 rings (SSSR count). The minimum Gasteiger partial charge on any atom is -0.476 e. The normalized spacial score (nSPS) is 11.6. The number of aryl methyl sites for hydroxylation is 1. The summed E-state index contributed by atoms with van der Waals surface area (Å²) < 4.78 is 39.3. The molecule has 2 aromatic rings. The van der Waals surface area contributed by atoms with Gasteiger partial charge in [0.05, 0.1) is 6.54 Å². The van der Waals surface area contributed by atoms with Crippen LogP contribution in [0.2, 0.25) is 0 Å². The molecular formula is C12H10F3N3O2. The highest BCUT2D eigenvalue weighted by atomic mass is 19.4. The summed E-state index contributed by atoms with van der Waals surface area (Å²) in [6.45, 7) is 1.61. The van der Waals surface area contributed by atoms with Gasteiger partial charge in [-0.2, -0.15) is 13.2 Å². The van der Waals surface area contributed by atoms with Crippen LogP contribution in [0.5, 0.6) is 0 Å². The van der Waals surface area contributed by atoms with Gasteiger partial charge in [-0.05, 0) is 12.5 Å². The molecule has 0 unspecified atom stereocenters. The molecule has 0 radical (unpaired) electrons. The van der Waals surface area contributed by atoms with Gasteiger partial charge in [-0.3, -0.25) is 0 Å². The number of rotatable bonds is 3. The fraction of sp³-hybridized carbons (Fsp3) is 0.250. The molecule has 0 aliphatic rings. The second-order valence-corrected chi connectivity index (χ2v) is 4.24. The van der Waals surface area contributed by atoms with E-state index in [1.54, 1.807) is 31.2 Å². The lowest BCUT2D eigenvalue weighted by Gasteiger charge is -2.10. The molecule has 0 saturated carbocycles. The molecule has 1 aromatic heterocycles. The van der Waals surface area contributed by atoms with E-state index in [1.807, 2.05) is 0 Å². The van der Waals surface area contributed by atoms with Crippen molar-refractivity contribution in [3.05, 3.63) is 46.8 Å². The van der Waals surface area contributed by atoms with Crippen molar-refractivity contribution in [3.63, 3.8) is 0 Å². The highest BCUT2D eigenvalue weighted by molar-refractivity contribution is 5.86. The first-order chi connectivity index (χ1) is 9.29. The molecule has 1 aromatic carbocycles. The van der Waals surface area contributed by atoms with Gasteiger partial charge in [0.15, 0.2) is 5.69 Å². The number of benzene rings is 1. The quantitative estimate of drug-likeness (QED) is 0.940. The van der Waals surface area contributed by atoms with Crippen molar-refractivity contribution in [1.82, 2.24) is 15.0 Å². The van der Waals surface area contributed by atoms with Crippen molar-refractivity contribution in [2.45, 2.75) is 19.6 Å². The topological polar surface area (TPSA) is 68.0 Å². The summed E-state index contributed by atoms with van der Waals surface area (Å²) in [4.78, 5) is 10.8. The Kier molecular flexibility index (Phi) is 3.47. The van der Waals surface area contributed by atoms with Gasteiger partial charge < -0.3 is 5.11 Å². The molecule has 0 amide bonds. The van der Waals surface area contributed by atoms with Crippen molar-refractivity contribution in [3.8, 4) is 0 Å². The summed E-state index contributed by atoms with van der Waals surface area (Å²) in [5.74, 6) is -1.76. The Hall–Kier alpha value is -2.38. The van der Waals surface area contributed by atoms with Crippen LogP contribution < -0.4 is 0 Å². The number of carbonyl (C=O) groups is 1. The van der Waals surface area contributed by atoms with Crippen molar-refractivity contribution in [1.29, 1.82) is 0 Å². The molecule has 0 aliphatic carbocycles. The SMILES string of the molecule is Cc1cccc(Cn2nnc(C(=O)O)c2C(F)(F)F)c1. The Balaban J connectivity index is 2.45. The third kappa shape index (κ3) is 2.79. The molecule has 0 fully saturated rings. The maximum atomic E-state index is 12.9. The minimum absolute atomic E-state index is 0.198. The Bertz CT molecular complexity index is 650. The van der Waals surface area contributed by atoms with Crippen LogP contribution in [0.25, 0.3) is 0 Å². The first-order valence-corrected chi connectivity index (χ1v) is 5.58. The Morgan fingerprint density at radius 3 is 2.65 bits per heavy atom. The van der Waals surface area contributed by atoms with E-state index in [0.29, 0.717) is 10.2 Å². The van der Waals surface area contributed by atoms with Gasteiger partial charge in [0.2, 0.25) is 5.69 Å². The van der Waals surface area contributed by atoms with E-state index >= 15 is 0 Å². The average Bonchev–Trinajstić information content (AvgIpc) is 2.72. The molecule has 8 heteroatoms. The number of aromatic carboxylic acids is 1. The number of nitrogens with zero attached hydrogens (tertiary/aromatic N) is 3. The predicted molar refractivity (Wildman–Crippen MR) is 62.3 cm³/mol. The van der Waals surface area contributed by atoms with Gasteiger partial charge in [-0.25, -0.2) is 9.48 Å². The summed E-state index contributed by atoms with van der Waals surface area (Å²) in [6.07, 6.45) is -4.83. The molecule has 106 valence electrons. The van der Waals surface area contributed by atoms with Crippen LogP contribution in [-0.4, -0.2) is 26.1 Å². The standard InChI is InChI=1S/C12H10F3N3O2/c1-7-3-2-4-8(5-7)6-18-10(12(13,14)15)9(11(19)20)16-17-18/h2-5H,6H2,1H3,(H,19,20). The molecule has 1 N–H and O–H groups in total. The molecule has 0 bridgehead atoms. The number of hydrogen-bond acceptors (Lipinski definition) is 3. The van der Waals surface area contributed by atoms with Crippen LogP contribution in [0.1, 0.15) is 27.3 Å². The summed E-state index contributed by atoms with van der Waals surface area (Å²) >= 11 is 0. The zero-order valence-electron chi connectivity index (χ0n) is 10.3. The smallest absolute Gasteiger partial charge is 0.435 e. The van der Waals surface area contributed by atoms with Crippen LogP contribution >= 0.6 is 0 Å². The fourth-order valence-electron chi connectivity index (χ4n) is 1.83. The predicted octanol–water partition coefficient (Wildman–Crippen LogP) is 2.35. The summed E-state index contributed by atoms with van der Waals surface area (Å²) in [5, 5.41) is 15.1. The Morgan fingerprint density at radius 1 is 1.40 bits per heavy atom. The third-order valence-electron chi connectivity index (χ3n) is 2.62. The maximum absolute atomic E-state index is 12.9. The fourth-order valence-corrected chi connectivity index (χ4v) is 1.83. The molecule has 5 nitrogen and oxygen atoms in total. The summed E-state index contributed by atoms with van der Waals surface area (Å²) in [7, 11) is 0. The molecule has 20 heavy (non-hydrogen) atoms. The summed E-state index contributed by atoms with van der Waals surface area (Å²) in [5.41, 5.74) is -0.983. The van der Waals surface area contributed by atoms with Crippen LogP contribution in [0.4, 0.5) is 13.2 Å². The second kappa shape index (κ2) is 4.95. The van der Waals surface area contributed by atoms with E-state index in [9.17, 15) is 18.0 Å². The lowest BCUT2D eigenvalue weighted by atomic mass is 10.1. The van der Waals surface area contributed by atoms with Gasteiger partial charge >= 0.3 is 12.1 Å². The van der Waals surface area contributed by atoms with E-state index < -0.39 is 23.5 Å². The number of hydrogen-bond donors (Lipinski definition) is 1. The average molecular weight is 285 g/mol. The van der Waals surface area contributed by atoms with E-state index in [2.05, 4.69) is 10.3 Å². The van der Waals surface area contributed by atoms with Crippen LogP contribution in [-0.2, 0) is 12.7 Å². The number of carboxylic acids is 1. The lowest BCUT2D eigenvalue weighted by molar-refractivity contribution is -0.144. The van der Waals surface area contributed by atoms with Gasteiger partial charge in [-0.15, -0.1) is 5.10 Å². The highest BCUT2D eigenvalue weighted by Gasteiger charge is 2.41. The molecule has 0 spiro atoms. The van der Waals surface area contributed by atoms with E-state index in [0.717, 1.165) is 5.56 Å². The third-order valence-corrected chi connectivity index (χ3v) is 2.62. The highest BCUT2D eigenvalue weighted by Crippen LogP contribution is 2.31. The Morgan fingerprint density at radius 2 is 2.10 bits per heavy atom. The van der Waals surface area contributed by atoms with E-state index in [-0.39, 0.29) is 6.54 Å². The second-order valence-electron chi connectivity index (χ2n) is 4.24. The van der Waals surface area contributed by atoms with Crippen molar-refractivity contribution in [2.75, 3.05) is 0 Å². The van der Waals surface area contributed by atoms with E-state index in [4.69, 9.17) is 5.11 Å². The van der Waals surface area contributed by atoms with Crippen LogP contribution in [0.3, 0.4) is 0 Å². The molecule has 1 heterocycles. The first kappa shape index (κ1) is 14.0. The molecular weight excluding hydrogens is 275 g/mol. The van der Waals surface area contributed by atoms with Crippen LogP contribution in [0.15, 0.2) is 24.3 Å². The van der Waals surface area contributed by atoms with E-state index in [1.165, 1.54) is 0 Å². The van der Waals surface area contributed by atoms with Gasteiger partial charge in [0.1, 0.15) is 0 Å². The number of alkyl halides is 3. The van der Waals surface area contributed by atoms with Gasteiger partial charge in [-0.1, -0.05) is 35.0 Å². The maximum Gasteiger partial charge on any atom is 0.435 e. The molecule has 0 aliphatic heterocycles. The molecule has 0 atom stereocenters. The first-order valence-electron chi connectivity index (χ1n) is 5.58. The largest absolute Gasteiger partial charge is 0.476 e.